The van der Waals surface area contributed by atoms with Gasteiger partial charge in [0.25, 0.3) is 5.91 Å². The average molecular weight is 356 g/mol. The van der Waals surface area contributed by atoms with E-state index in [0.717, 1.165) is 15.8 Å². The van der Waals surface area contributed by atoms with Crippen LogP contribution in [-0.4, -0.2) is 34.6 Å². The summed E-state index contributed by atoms with van der Waals surface area (Å²) in [4.78, 5) is 29.0. The number of benzene rings is 1. The van der Waals surface area contributed by atoms with Gasteiger partial charge in [0.15, 0.2) is 6.04 Å². The number of rotatable bonds is 7. The van der Waals surface area contributed by atoms with Crippen molar-refractivity contribution in [3.63, 3.8) is 0 Å². The van der Waals surface area contributed by atoms with Crippen molar-refractivity contribution < 1.29 is 19.4 Å². The predicted molar refractivity (Wildman–Crippen MR) is 94.6 cm³/mol. The van der Waals surface area contributed by atoms with E-state index in [9.17, 15) is 14.7 Å². The first-order chi connectivity index (χ1) is 12.1. The number of hydrogen-bond donors (Lipinski definition) is 2. The first kappa shape index (κ1) is 17.1. The highest BCUT2D eigenvalue weighted by Gasteiger charge is 2.22. The van der Waals surface area contributed by atoms with Crippen LogP contribution in [0.5, 0.6) is 0 Å². The third-order valence-electron chi connectivity index (χ3n) is 3.52. The number of nitrogens with one attached hydrogen (secondary N) is 1. The number of pyridine rings is 1. The van der Waals surface area contributed by atoms with Gasteiger partial charge in [0, 0.05) is 11.6 Å². The van der Waals surface area contributed by atoms with E-state index in [2.05, 4.69) is 10.3 Å². The zero-order valence-electron chi connectivity index (χ0n) is 13.2. The zero-order valence-corrected chi connectivity index (χ0v) is 14.0. The Balaban J connectivity index is 1.60. The summed E-state index contributed by atoms with van der Waals surface area (Å²) in [6.07, 6.45) is 1.65. The molecule has 0 aliphatic heterocycles. The minimum absolute atomic E-state index is 0.112. The standard InChI is InChI=1S/C18H16N2O4S/c21-16(15-9-13-7-4-8-19-17(13)25-15)20-14(18(22)23)11-24-10-12-5-2-1-3-6-12/h1-9,14H,10-11H2,(H,20,21)(H,22,23). The normalized spacial score (nSPS) is 12.0. The lowest BCUT2D eigenvalue weighted by Gasteiger charge is -2.14. The molecule has 0 fully saturated rings. The minimum Gasteiger partial charge on any atom is -0.480 e. The van der Waals surface area contributed by atoms with Gasteiger partial charge in [-0.25, -0.2) is 9.78 Å². The van der Waals surface area contributed by atoms with E-state index in [4.69, 9.17) is 4.74 Å². The molecule has 2 aromatic heterocycles. The molecule has 0 spiro atoms. The summed E-state index contributed by atoms with van der Waals surface area (Å²) in [5.41, 5.74) is 0.938. The Kier molecular flexibility index (Phi) is 5.37. The van der Waals surface area contributed by atoms with Crippen LogP contribution >= 0.6 is 11.3 Å². The largest absolute Gasteiger partial charge is 0.480 e. The highest BCUT2D eigenvalue weighted by atomic mass is 32.1. The average Bonchev–Trinajstić information content (AvgIpc) is 3.06. The molecule has 0 bridgehead atoms. The number of fused-ring (bicyclic) bond motifs is 1. The maximum absolute atomic E-state index is 12.3. The molecule has 25 heavy (non-hydrogen) atoms. The number of aromatic nitrogens is 1. The fourth-order valence-corrected chi connectivity index (χ4v) is 3.16. The molecule has 2 heterocycles. The van der Waals surface area contributed by atoms with Crippen LogP contribution in [-0.2, 0) is 16.1 Å². The lowest BCUT2D eigenvalue weighted by molar-refractivity contribution is -0.141. The number of carbonyl (C=O) groups is 2. The Morgan fingerprint density at radius 1 is 1.20 bits per heavy atom. The number of hydrogen-bond acceptors (Lipinski definition) is 5. The Morgan fingerprint density at radius 3 is 2.72 bits per heavy atom. The van der Waals surface area contributed by atoms with Crippen LogP contribution in [0.4, 0.5) is 0 Å². The zero-order chi connectivity index (χ0) is 17.6. The number of amides is 1. The van der Waals surface area contributed by atoms with Crippen LogP contribution in [0, 0.1) is 0 Å². The lowest BCUT2D eigenvalue weighted by Crippen LogP contribution is -2.43. The molecule has 128 valence electrons. The van der Waals surface area contributed by atoms with Crippen molar-refractivity contribution in [3.05, 3.63) is 65.2 Å². The second kappa shape index (κ2) is 7.87. The summed E-state index contributed by atoms with van der Waals surface area (Å²) in [6.45, 7) is 0.173. The molecule has 3 rings (SSSR count). The molecule has 0 aliphatic rings. The molecule has 0 aliphatic carbocycles. The molecule has 1 amide bonds. The summed E-state index contributed by atoms with van der Waals surface area (Å²) in [5, 5.41) is 12.7. The van der Waals surface area contributed by atoms with Crippen molar-refractivity contribution >= 4 is 33.4 Å². The quantitative estimate of drug-likeness (QED) is 0.679. The summed E-state index contributed by atoms with van der Waals surface area (Å²) >= 11 is 1.22. The second-order valence-electron chi connectivity index (χ2n) is 5.37. The molecule has 0 radical (unpaired) electrons. The van der Waals surface area contributed by atoms with E-state index in [-0.39, 0.29) is 13.2 Å². The van der Waals surface area contributed by atoms with E-state index in [1.54, 1.807) is 18.3 Å². The first-order valence-corrected chi connectivity index (χ1v) is 8.45. The maximum Gasteiger partial charge on any atom is 0.328 e. The number of aliphatic carboxylic acids is 1. The van der Waals surface area contributed by atoms with Crippen LogP contribution < -0.4 is 5.32 Å². The number of carbonyl (C=O) groups excluding carboxylic acids is 1. The third kappa shape index (κ3) is 4.40. The predicted octanol–water partition coefficient (Wildman–Crippen LogP) is 2.70. The van der Waals surface area contributed by atoms with Gasteiger partial charge >= 0.3 is 5.97 Å². The Morgan fingerprint density at radius 2 is 2.00 bits per heavy atom. The van der Waals surface area contributed by atoms with Crippen LogP contribution in [0.3, 0.4) is 0 Å². The first-order valence-electron chi connectivity index (χ1n) is 7.63. The van der Waals surface area contributed by atoms with Gasteiger partial charge in [-0.05, 0) is 17.7 Å². The number of thiophene rings is 1. The van der Waals surface area contributed by atoms with Crippen molar-refractivity contribution in [3.8, 4) is 0 Å². The molecule has 0 saturated carbocycles. The van der Waals surface area contributed by atoms with Crippen molar-refractivity contribution in [2.24, 2.45) is 0 Å². The Bertz CT molecular complexity index is 846. The van der Waals surface area contributed by atoms with Crippen LogP contribution in [0.2, 0.25) is 0 Å². The molecule has 2 N–H and O–H groups in total. The molecule has 1 aromatic carbocycles. The van der Waals surface area contributed by atoms with Gasteiger partial charge in [0.1, 0.15) is 4.83 Å². The van der Waals surface area contributed by atoms with E-state index in [1.165, 1.54) is 11.3 Å². The number of nitrogens with zero attached hydrogens (tertiary/aromatic N) is 1. The summed E-state index contributed by atoms with van der Waals surface area (Å²) in [5.74, 6) is -1.58. The SMILES string of the molecule is O=C(NC(COCc1ccccc1)C(=O)O)c1cc2cccnc2s1. The molecular formula is C18H16N2O4S. The molecule has 6 nitrogen and oxygen atoms in total. The fourth-order valence-electron chi connectivity index (χ4n) is 2.26. The topological polar surface area (TPSA) is 88.5 Å². The highest BCUT2D eigenvalue weighted by Crippen LogP contribution is 2.23. The molecule has 3 aromatic rings. The van der Waals surface area contributed by atoms with Gasteiger partial charge in [-0.15, -0.1) is 11.3 Å². The van der Waals surface area contributed by atoms with E-state index in [1.807, 2.05) is 36.4 Å². The van der Waals surface area contributed by atoms with E-state index >= 15 is 0 Å². The fraction of sp³-hybridized carbons (Fsp3) is 0.167. The smallest absolute Gasteiger partial charge is 0.328 e. The van der Waals surface area contributed by atoms with Gasteiger partial charge in [0.2, 0.25) is 0 Å². The Hall–Kier alpha value is -2.77. The monoisotopic (exact) mass is 356 g/mol. The van der Waals surface area contributed by atoms with E-state index in [0.29, 0.717) is 4.88 Å². The number of ether oxygens (including phenoxy) is 1. The van der Waals surface area contributed by atoms with Crippen molar-refractivity contribution in [1.29, 1.82) is 0 Å². The molecule has 0 saturated heterocycles. The van der Waals surface area contributed by atoms with Crippen LogP contribution in [0.25, 0.3) is 10.2 Å². The summed E-state index contributed by atoms with van der Waals surface area (Å²) in [7, 11) is 0. The summed E-state index contributed by atoms with van der Waals surface area (Å²) in [6, 6.07) is 13.7. The number of carboxylic acid groups (broad SMARTS) is 1. The molecular weight excluding hydrogens is 340 g/mol. The van der Waals surface area contributed by atoms with Gasteiger partial charge in [-0.2, -0.15) is 0 Å². The van der Waals surface area contributed by atoms with Crippen molar-refractivity contribution in [2.75, 3.05) is 6.61 Å². The van der Waals surface area contributed by atoms with Gasteiger partial charge < -0.3 is 15.2 Å². The van der Waals surface area contributed by atoms with Crippen LogP contribution in [0.15, 0.2) is 54.7 Å². The molecule has 7 heteroatoms. The van der Waals surface area contributed by atoms with Crippen molar-refractivity contribution in [2.45, 2.75) is 12.6 Å². The third-order valence-corrected chi connectivity index (χ3v) is 4.57. The highest BCUT2D eigenvalue weighted by molar-refractivity contribution is 7.20. The van der Waals surface area contributed by atoms with Gasteiger partial charge in [0.05, 0.1) is 18.1 Å². The minimum atomic E-state index is -1.14. The number of carboxylic acids is 1. The van der Waals surface area contributed by atoms with Gasteiger partial charge in [-0.1, -0.05) is 36.4 Å². The van der Waals surface area contributed by atoms with Crippen LogP contribution in [0.1, 0.15) is 15.2 Å². The van der Waals surface area contributed by atoms with Gasteiger partial charge in [-0.3, -0.25) is 4.79 Å². The summed E-state index contributed by atoms with van der Waals surface area (Å²) < 4.78 is 5.43. The maximum atomic E-state index is 12.3. The lowest BCUT2D eigenvalue weighted by atomic mass is 10.2. The van der Waals surface area contributed by atoms with Crippen molar-refractivity contribution in [1.82, 2.24) is 10.3 Å². The second-order valence-corrected chi connectivity index (χ2v) is 6.40. The molecule has 1 atom stereocenters. The van der Waals surface area contributed by atoms with E-state index < -0.39 is 17.9 Å². The Labute approximate surface area is 148 Å². The molecule has 1 unspecified atom stereocenters.